The van der Waals surface area contributed by atoms with Gasteiger partial charge in [-0.3, -0.25) is 4.79 Å². The van der Waals surface area contributed by atoms with Gasteiger partial charge in [0.15, 0.2) is 5.43 Å². The second-order valence-corrected chi connectivity index (χ2v) is 6.10. The lowest BCUT2D eigenvalue weighted by atomic mass is 10.0. The number of fused-ring (bicyclic) bond motifs is 1. The van der Waals surface area contributed by atoms with Crippen molar-refractivity contribution < 1.29 is 4.42 Å². The molecular weight excluding hydrogens is 272 g/mol. The van der Waals surface area contributed by atoms with Gasteiger partial charge < -0.3 is 4.42 Å². The highest BCUT2D eigenvalue weighted by atomic mass is 16.3. The van der Waals surface area contributed by atoms with E-state index in [1.165, 1.54) is 0 Å². The Balaban J connectivity index is 1.80. The highest BCUT2D eigenvalue weighted by molar-refractivity contribution is 5.83. The van der Waals surface area contributed by atoms with Gasteiger partial charge in [-0.15, -0.1) is 0 Å². The van der Waals surface area contributed by atoms with Crippen LogP contribution in [0.3, 0.4) is 0 Å². The van der Waals surface area contributed by atoms with Crippen LogP contribution in [0.15, 0.2) is 63.8 Å². The predicted octanol–water partition coefficient (Wildman–Crippen LogP) is 4.97. The van der Waals surface area contributed by atoms with Crippen LogP contribution in [0.1, 0.15) is 31.4 Å². The Morgan fingerprint density at radius 1 is 1.05 bits per heavy atom. The maximum Gasteiger partial charge on any atom is 0.192 e. The van der Waals surface area contributed by atoms with Gasteiger partial charge in [0.1, 0.15) is 11.3 Å². The highest BCUT2D eigenvalue weighted by Gasteiger charge is 2.39. The molecule has 110 valence electrons. The fraction of sp³-hybridized carbons (Fsp3) is 0.250. The molecule has 0 radical (unpaired) electrons. The first-order chi connectivity index (χ1) is 10.8. The van der Waals surface area contributed by atoms with Crippen LogP contribution in [0.25, 0.3) is 22.1 Å². The van der Waals surface area contributed by atoms with Crippen molar-refractivity contribution in [2.24, 2.45) is 5.92 Å². The number of hydrogen-bond donors (Lipinski definition) is 0. The van der Waals surface area contributed by atoms with Crippen LogP contribution in [0.2, 0.25) is 0 Å². The van der Waals surface area contributed by atoms with E-state index < -0.39 is 0 Å². The second kappa shape index (κ2) is 5.13. The molecule has 1 saturated carbocycles. The third-order valence-electron chi connectivity index (χ3n) is 4.67. The highest BCUT2D eigenvalue weighted by Crippen LogP contribution is 2.49. The standard InChI is InChI=1S/C20H18O2/c1-2-13-10-16(13)20-12-18(21)17-11-15(8-9-19(17)22-20)14-6-4-3-5-7-14/h3-9,11-13,16H,2,10H2,1H3. The van der Waals surface area contributed by atoms with Crippen molar-refractivity contribution in [3.05, 3.63) is 70.6 Å². The quantitative estimate of drug-likeness (QED) is 0.681. The van der Waals surface area contributed by atoms with Crippen LogP contribution in [0, 0.1) is 5.92 Å². The lowest BCUT2D eigenvalue weighted by Gasteiger charge is -2.05. The van der Waals surface area contributed by atoms with Gasteiger partial charge >= 0.3 is 0 Å². The number of benzene rings is 2. The van der Waals surface area contributed by atoms with Gasteiger partial charge in [0.05, 0.1) is 5.39 Å². The molecule has 0 N–H and O–H groups in total. The predicted molar refractivity (Wildman–Crippen MR) is 89.1 cm³/mol. The van der Waals surface area contributed by atoms with Gasteiger partial charge in [0.25, 0.3) is 0 Å². The molecule has 2 atom stereocenters. The first kappa shape index (κ1) is 13.3. The van der Waals surface area contributed by atoms with E-state index in [1.807, 2.05) is 48.5 Å². The van der Waals surface area contributed by atoms with Crippen LogP contribution >= 0.6 is 0 Å². The van der Waals surface area contributed by atoms with Crippen molar-refractivity contribution in [2.75, 3.05) is 0 Å². The van der Waals surface area contributed by atoms with Crippen molar-refractivity contribution in [3.63, 3.8) is 0 Å². The third kappa shape index (κ3) is 2.25. The Hall–Kier alpha value is -2.35. The normalized spacial score (nSPS) is 20.2. The van der Waals surface area contributed by atoms with Crippen LogP contribution < -0.4 is 5.43 Å². The molecule has 0 saturated heterocycles. The van der Waals surface area contributed by atoms with Gasteiger partial charge in [0.2, 0.25) is 0 Å². The molecule has 1 aromatic heterocycles. The van der Waals surface area contributed by atoms with E-state index in [0.717, 1.165) is 29.7 Å². The van der Waals surface area contributed by atoms with Crippen molar-refractivity contribution >= 4 is 11.0 Å². The largest absolute Gasteiger partial charge is 0.461 e. The third-order valence-corrected chi connectivity index (χ3v) is 4.67. The summed E-state index contributed by atoms with van der Waals surface area (Å²) in [4.78, 5) is 12.5. The van der Waals surface area contributed by atoms with Crippen LogP contribution in [-0.2, 0) is 0 Å². The average molecular weight is 290 g/mol. The number of rotatable bonds is 3. The Morgan fingerprint density at radius 3 is 2.59 bits per heavy atom. The molecule has 2 heteroatoms. The summed E-state index contributed by atoms with van der Waals surface area (Å²) >= 11 is 0. The summed E-state index contributed by atoms with van der Waals surface area (Å²) in [6, 6.07) is 17.7. The van der Waals surface area contributed by atoms with Gasteiger partial charge in [0, 0.05) is 12.0 Å². The molecule has 0 spiro atoms. The smallest absolute Gasteiger partial charge is 0.192 e. The molecule has 2 unspecified atom stereocenters. The monoisotopic (exact) mass is 290 g/mol. The molecule has 1 fully saturated rings. The summed E-state index contributed by atoms with van der Waals surface area (Å²) in [6.07, 6.45) is 2.30. The Kier molecular flexibility index (Phi) is 3.11. The van der Waals surface area contributed by atoms with Gasteiger partial charge in [-0.05, 0) is 35.6 Å². The summed E-state index contributed by atoms with van der Waals surface area (Å²) in [7, 11) is 0. The van der Waals surface area contributed by atoms with Gasteiger partial charge in [-0.1, -0.05) is 49.7 Å². The lowest BCUT2D eigenvalue weighted by Crippen LogP contribution is -2.02. The Bertz CT molecular complexity index is 877. The molecule has 2 nitrogen and oxygen atoms in total. The zero-order chi connectivity index (χ0) is 15.1. The minimum Gasteiger partial charge on any atom is -0.461 e. The molecule has 3 aromatic rings. The van der Waals surface area contributed by atoms with Crippen LogP contribution in [0.4, 0.5) is 0 Å². The summed E-state index contributed by atoms with van der Waals surface area (Å²) in [5.74, 6) is 1.98. The van der Waals surface area contributed by atoms with E-state index in [4.69, 9.17) is 4.42 Å². The van der Waals surface area contributed by atoms with E-state index in [0.29, 0.717) is 22.8 Å². The van der Waals surface area contributed by atoms with Gasteiger partial charge in [-0.25, -0.2) is 0 Å². The van der Waals surface area contributed by atoms with Crippen LogP contribution in [-0.4, -0.2) is 0 Å². The minimum atomic E-state index is 0.0655. The minimum absolute atomic E-state index is 0.0655. The Labute approximate surface area is 129 Å². The molecule has 0 aliphatic heterocycles. The van der Waals surface area contributed by atoms with E-state index >= 15 is 0 Å². The van der Waals surface area contributed by atoms with E-state index in [-0.39, 0.29) is 5.43 Å². The molecule has 1 heterocycles. The van der Waals surface area contributed by atoms with Crippen LogP contribution in [0.5, 0.6) is 0 Å². The van der Waals surface area contributed by atoms with E-state index in [2.05, 4.69) is 6.92 Å². The maximum absolute atomic E-state index is 12.5. The SMILES string of the molecule is CCC1CC1c1cc(=O)c2cc(-c3ccccc3)ccc2o1. The zero-order valence-electron chi connectivity index (χ0n) is 12.6. The fourth-order valence-electron chi connectivity index (χ4n) is 3.22. The molecule has 0 bridgehead atoms. The van der Waals surface area contributed by atoms with Crippen molar-refractivity contribution in [3.8, 4) is 11.1 Å². The Morgan fingerprint density at radius 2 is 1.86 bits per heavy atom. The van der Waals surface area contributed by atoms with E-state index in [9.17, 15) is 4.79 Å². The molecule has 2 aromatic carbocycles. The average Bonchev–Trinajstić information content (AvgIpc) is 3.35. The summed E-state index contributed by atoms with van der Waals surface area (Å²) in [5.41, 5.74) is 2.92. The first-order valence-corrected chi connectivity index (χ1v) is 7.89. The number of hydrogen-bond acceptors (Lipinski definition) is 2. The fourth-order valence-corrected chi connectivity index (χ4v) is 3.22. The van der Waals surface area contributed by atoms with Crippen molar-refractivity contribution in [1.82, 2.24) is 0 Å². The van der Waals surface area contributed by atoms with Crippen molar-refractivity contribution in [2.45, 2.75) is 25.7 Å². The molecule has 1 aliphatic carbocycles. The van der Waals surface area contributed by atoms with E-state index in [1.54, 1.807) is 6.07 Å². The molecular formula is C20H18O2. The first-order valence-electron chi connectivity index (χ1n) is 7.89. The maximum atomic E-state index is 12.5. The molecule has 0 amide bonds. The summed E-state index contributed by atoms with van der Waals surface area (Å²) in [5, 5.41) is 0.666. The summed E-state index contributed by atoms with van der Waals surface area (Å²) in [6.45, 7) is 2.19. The van der Waals surface area contributed by atoms with Gasteiger partial charge in [-0.2, -0.15) is 0 Å². The topological polar surface area (TPSA) is 30.2 Å². The molecule has 1 aliphatic rings. The zero-order valence-corrected chi connectivity index (χ0v) is 12.6. The molecule has 4 rings (SSSR count). The second-order valence-electron chi connectivity index (χ2n) is 6.10. The van der Waals surface area contributed by atoms with Crippen molar-refractivity contribution in [1.29, 1.82) is 0 Å². The summed E-state index contributed by atoms with van der Waals surface area (Å²) < 4.78 is 5.99. The molecule has 22 heavy (non-hydrogen) atoms. The lowest BCUT2D eigenvalue weighted by molar-refractivity contribution is 0.526.